The minimum Gasteiger partial charge on any atom is -0.480 e. The smallest absolute Gasteiger partial charge is 0.326 e. The van der Waals surface area contributed by atoms with E-state index in [9.17, 15) is 9.90 Å². The van der Waals surface area contributed by atoms with Crippen LogP contribution in [0.5, 0.6) is 0 Å². The summed E-state index contributed by atoms with van der Waals surface area (Å²) in [6.45, 7) is 0.413. The van der Waals surface area contributed by atoms with Gasteiger partial charge in [-0.2, -0.15) is 0 Å². The Labute approximate surface area is 200 Å². The Bertz CT molecular complexity index is 1140. The van der Waals surface area contributed by atoms with Crippen molar-refractivity contribution in [2.45, 2.75) is 69.9 Å². The molecule has 0 saturated heterocycles. The van der Waals surface area contributed by atoms with Crippen LogP contribution in [0, 0.1) is 5.92 Å². The summed E-state index contributed by atoms with van der Waals surface area (Å²) in [5.74, 6) is 0.302. The minimum atomic E-state index is -0.907. The molecule has 34 heavy (non-hydrogen) atoms. The molecule has 1 fully saturated rings. The number of hydrogen-bond acceptors (Lipinski definition) is 6. The van der Waals surface area contributed by atoms with Crippen molar-refractivity contribution in [2.24, 2.45) is 5.92 Å². The largest absolute Gasteiger partial charge is 0.480 e. The number of aromatic nitrogens is 3. The highest BCUT2D eigenvalue weighted by Gasteiger charge is 2.30. The first-order valence-electron chi connectivity index (χ1n) is 12.4. The van der Waals surface area contributed by atoms with Gasteiger partial charge in [0.1, 0.15) is 18.2 Å². The van der Waals surface area contributed by atoms with Crippen LogP contribution in [0.1, 0.15) is 55.5 Å². The maximum absolute atomic E-state index is 11.8. The Morgan fingerprint density at radius 2 is 1.97 bits per heavy atom. The molecule has 5 rings (SSSR count). The van der Waals surface area contributed by atoms with Gasteiger partial charge in [0, 0.05) is 29.8 Å². The molecule has 2 N–H and O–H groups in total. The van der Waals surface area contributed by atoms with E-state index < -0.39 is 12.0 Å². The monoisotopic (exact) mass is 460 g/mol. The topological polar surface area (TPSA) is 97.2 Å². The Hall–Kier alpha value is -3.06. The number of nitrogens with zero attached hydrogens (tertiary/aromatic N) is 3. The Morgan fingerprint density at radius 1 is 1.12 bits per heavy atom. The molecular weight excluding hydrogens is 428 g/mol. The van der Waals surface area contributed by atoms with E-state index in [4.69, 9.17) is 9.72 Å². The van der Waals surface area contributed by atoms with Crippen LogP contribution in [-0.4, -0.2) is 44.8 Å². The van der Waals surface area contributed by atoms with Gasteiger partial charge in [0.15, 0.2) is 0 Å². The molecule has 178 valence electrons. The number of benzene rings is 1. The average molecular weight is 461 g/mol. The zero-order valence-electron chi connectivity index (χ0n) is 19.4. The number of anilines is 1. The average Bonchev–Trinajstić information content (AvgIpc) is 2.84. The second-order valence-electron chi connectivity index (χ2n) is 9.55. The molecule has 2 aliphatic rings. The van der Waals surface area contributed by atoms with E-state index in [-0.39, 0.29) is 6.10 Å². The van der Waals surface area contributed by atoms with Gasteiger partial charge < -0.3 is 15.2 Å². The molecule has 0 spiro atoms. The molecule has 1 atom stereocenters. The number of fused-ring (bicyclic) bond motifs is 2. The molecule has 2 heterocycles. The van der Waals surface area contributed by atoms with E-state index in [0.29, 0.717) is 24.8 Å². The van der Waals surface area contributed by atoms with Crippen molar-refractivity contribution in [3.8, 4) is 0 Å². The van der Waals surface area contributed by atoms with Crippen molar-refractivity contribution in [2.75, 3.05) is 11.9 Å². The van der Waals surface area contributed by atoms with Crippen LogP contribution in [0.15, 0.2) is 42.7 Å². The van der Waals surface area contributed by atoms with Crippen LogP contribution >= 0.6 is 0 Å². The van der Waals surface area contributed by atoms with E-state index in [0.717, 1.165) is 43.0 Å². The quantitative estimate of drug-likeness (QED) is 0.457. The predicted octanol–water partition coefficient (Wildman–Crippen LogP) is 4.59. The number of pyridine rings is 1. The SMILES string of the molecule is O=C(O)C(CCOC1CC(CCc2ccc3c(n2)CCCC3)C1)Nc1ncnc2ccccc12. The number of carboxylic acids is 1. The van der Waals surface area contributed by atoms with Crippen LogP contribution < -0.4 is 5.32 Å². The summed E-state index contributed by atoms with van der Waals surface area (Å²) in [5.41, 5.74) is 4.76. The summed E-state index contributed by atoms with van der Waals surface area (Å²) in [6.07, 6.45) is 11.2. The lowest BCUT2D eigenvalue weighted by Gasteiger charge is -2.35. The first-order valence-corrected chi connectivity index (χ1v) is 12.4. The molecule has 1 aromatic carbocycles. The lowest BCUT2D eigenvalue weighted by molar-refractivity contribution is -0.138. The van der Waals surface area contributed by atoms with Crippen LogP contribution in [0.3, 0.4) is 0 Å². The van der Waals surface area contributed by atoms with Crippen molar-refractivity contribution in [3.63, 3.8) is 0 Å². The van der Waals surface area contributed by atoms with Gasteiger partial charge in [-0.05, 0) is 81.0 Å². The highest BCUT2D eigenvalue weighted by atomic mass is 16.5. The number of carboxylic acid groups (broad SMARTS) is 1. The van der Waals surface area contributed by atoms with E-state index >= 15 is 0 Å². The molecule has 2 aliphatic carbocycles. The molecule has 2 aromatic heterocycles. The van der Waals surface area contributed by atoms with Crippen LogP contribution in [0.25, 0.3) is 10.9 Å². The molecule has 0 radical (unpaired) electrons. The van der Waals surface area contributed by atoms with Crippen molar-refractivity contribution >= 4 is 22.7 Å². The number of carbonyl (C=O) groups is 1. The summed E-state index contributed by atoms with van der Waals surface area (Å²) in [6, 6.07) is 11.3. The third-order valence-corrected chi connectivity index (χ3v) is 7.15. The maximum Gasteiger partial charge on any atom is 0.326 e. The molecule has 0 aliphatic heterocycles. The number of para-hydroxylation sites is 1. The lowest BCUT2D eigenvalue weighted by Crippen LogP contribution is -2.35. The lowest BCUT2D eigenvalue weighted by atomic mass is 9.79. The van der Waals surface area contributed by atoms with Gasteiger partial charge in [0.2, 0.25) is 0 Å². The van der Waals surface area contributed by atoms with Gasteiger partial charge >= 0.3 is 5.97 Å². The van der Waals surface area contributed by atoms with Crippen LogP contribution in [0.2, 0.25) is 0 Å². The van der Waals surface area contributed by atoms with E-state index in [1.165, 1.54) is 42.5 Å². The zero-order valence-corrected chi connectivity index (χ0v) is 19.4. The van der Waals surface area contributed by atoms with Gasteiger partial charge in [-0.1, -0.05) is 18.2 Å². The summed E-state index contributed by atoms with van der Waals surface area (Å²) in [4.78, 5) is 25.2. The Balaban J connectivity index is 1.05. The third-order valence-electron chi connectivity index (χ3n) is 7.15. The normalized spacial score (nSPS) is 20.4. The van der Waals surface area contributed by atoms with Crippen LogP contribution in [0.4, 0.5) is 5.82 Å². The van der Waals surface area contributed by atoms with Crippen molar-refractivity contribution < 1.29 is 14.6 Å². The molecule has 1 unspecified atom stereocenters. The highest BCUT2D eigenvalue weighted by molar-refractivity contribution is 5.90. The first-order chi connectivity index (χ1) is 16.7. The molecule has 1 saturated carbocycles. The van der Waals surface area contributed by atoms with Gasteiger partial charge in [-0.3, -0.25) is 4.98 Å². The molecular formula is C27H32N4O3. The van der Waals surface area contributed by atoms with Crippen molar-refractivity contribution in [1.29, 1.82) is 0 Å². The number of nitrogens with one attached hydrogen (secondary N) is 1. The molecule has 0 amide bonds. The predicted molar refractivity (Wildman–Crippen MR) is 131 cm³/mol. The third kappa shape index (κ3) is 5.36. The summed E-state index contributed by atoms with van der Waals surface area (Å²) >= 11 is 0. The second-order valence-corrected chi connectivity index (χ2v) is 9.55. The molecule has 0 bridgehead atoms. The maximum atomic E-state index is 11.8. The van der Waals surface area contributed by atoms with Gasteiger partial charge in [0.05, 0.1) is 11.6 Å². The zero-order chi connectivity index (χ0) is 23.3. The second kappa shape index (κ2) is 10.5. The summed E-state index contributed by atoms with van der Waals surface area (Å²) < 4.78 is 5.99. The van der Waals surface area contributed by atoms with E-state index in [2.05, 4.69) is 27.4 Å². The summed E-state index contributed by atoms with van der Waals surface area (Å²) in [7, 11) is 0. The summed E-state index contributed by atoms with van der Waals surface area (Å²) in [5, 5.41) is 13.5. The number of aliphatic carboxylic acids is 1. The Kier molecular flexibility index (Phi) is 7.00. The number of ether oxygens (including phenoxy) is 1. The van der Waals surface area contributed by atoms with Gasteiger partial charge in [-0.15, -0.1) is 0 Å². The van der Waals surface area contributed by atoms with E-state index in [1.807, 2.05) is 24.3 Å². The fraction of sp³-hybridized carbons (Fsp3) is 0.481. The van der Waals surface area contributed by atoms with Crippen LogP contribution in [-0.2, 0) is 28.8 Å². The van der Waals surface area contributed by atoms with Gasteiger partial charge in [-0.25, -0.2) is 14.8 Å². The highest BCUT2D eigenvalue weighted by Crippen LogP contribution is 2.34. The fourth-order valence-corrected chi connectivity index (χ4v) is 5.06. The Morgan fingerprint density at radius 3 is 2.85 bits per heavy atom. The number of hydrogen-bond donors (Lipinski definition) is 2. The fourth-order valence-electron chi connectivity index (χ4n) is 5.06. The molecule has 3 aromatic rings. The minimum absolute atomic E-state index is 0.232. The molecule has 7 nitrogen and oxygen atoms in total. The number of rotatable bonds is 10. The van der Waals surface area contributed by atoms with Gasteiger partial charge in [0.25, 0.3) is 0 Å². The van der Waals surface area contributed by atoms with E-state index in [1.54, 1.807) is 0 Å². The standard InChI is InChI=1S/C27H32N4O3/c32-27(33)25(31-26-22-6-2-4-8-24(22)28-17-29-26)13-14-34-21-15-18(16-21)9-11-20-12-10-19-5-1-3-7-23(19)30-20/h2,4,6,8,10,12,17-18,21,25H,1,3,5,7,9,11,13-16H2,(H,32,33)(H,28,29,31). The number of aryl methyl sites for hydroxylation is 3. The van der Waals surface area contributed by atoms with Crippen molar-refractivity contribution in [3.05, 3.63) is 59.7 Å². The van der Waals surface area contributed by atoms with Crippen molar-refractivity contribution in [1.82, 2.24) is 15.0 Å². The first kappa shape index (κ1) is 22.7. The molecule has 7 heteroatoms.